The molecule has 0 amide bonds. The molecule has 33 heavy (non-hydrogen) atoms. The van der Waals surface area contributed by atoms with Gasteiger partial charge in [-0.25, -0.2) is 9.78 Å². The number of nitrogens with one attached hydrogen (secondary N) is 1. The molecule has 2 atom stereocenters. The lowest BCUT2D eigenvalue weighted by Gasteiger charge is -2.32. The smallest absolute Gasteiger partial charge is 0.416 e. The molecule has 2 heterocycles. The molecule has 1 aromatic carbocycles. The van der Waals surface area contributed by atoms with Gasteiger partial charge in [0.15, 0.2) is 0 Å². The quantitative estimate of drug-likeness (QED) is 0.560. The van der Waals surface area contributed by atoms with Crippen molar-refractivity contribution in [2.75, 3.05) is 26.0 Å². The first-order chi connectivity index (χ1) is 14.5. The van der Waals surface area contributed by atoms with Crippen LogP contribution in [0.15, 0.2) is 47.8 Å². The summed E-state index contributed by atoms with van der Waals surface area (Å²) >= 11 is 0. The van der Waals surface area contributed by atoms with Crippen molar-refractivity contribution in [2.24, 2.45) is 0 Å². The topological polar surface area (TPSA) is 74.7 Å². The van der Waals surface area contributed by atoms with Gasteiger partial charge in [-0.15, -0.1) is 24.8 Å². The minimum Gasteiger partial charge on any atom is -0.478 e. The monoisotopic (exact) mass is 507 g/mol. The molecule has 0 saturated carbocycles. The predicted molar refractivity (Wildman–Crippen MR) is 125 cm³/mol. The van der Waals surface area contributed by atoms with Crippen molar-refractivity contribution >= 4 is 36.5 Å². The molecular formula is C22H26Cl2F3N3O3. The number of allylic oxidation sites excluding steroid dienone is 1. The van der Waals surface area contributed by atoms with Crippen LogP contribution in [0, 0.1) is 0 Å². The minimum absolute atomic E-state index is 0. The summed E-state index contributed by atoms with van der Waals surface area (Å²) < 4.78 is 47.5. The highest BCUT2D eigenvalue weighted by Crippen LogP contribution is 2.48. The number of likely N-dealkylation sites (N-methyl/N-ethyl adjacent to an activating group) is 1. The average molecular weight is 508 g/mol. The van der Waals surface area contributed by atoms with E-state index in [9.17, 15) is 23.1 Å². The molecule has 0 radical (unpaired) electrons. The van der Waals surface area contributed by atoms with Crippen molar-refractivity contribution in [2.45, 2.75) is 32.0 Å². The van der Waals surface area contributed by atoms with Gasteiger partial charge < -0.3 is 20.1 Å². The van der Waals surface area contributed by atoms with E-state index in [0.29, 0.717) is 12.2 Å². The average Bonchev–Trinajstić information content (AvgIpc) is 2.65. The van der Waals surface area contributed by atoms with E-state index in [2.05, 4.69) is 10.3 Å². The van der Waals surface area contributed by atoms with E-state index >= 15 is 0 Å². The highest BCUT2D eigenvalue weighted by atomic mass is 35.5. The summed E-state index contributed by atoms with van der Waals surface area (Å²) in [6.07, 6.45) is -3.50. The Balaban J connectivity index is 0.00000272. The Morgan fingerprint density at radius 3 is 2.45 bits per heavy atom. The van der Waals surface area contributed by atoms with Crippen LogP contribution in [0.3, 0.4) is 0 Å². The van der Waals surface area contributed by atoms with Gasteiger partial charge in [-0.05, 0) is 45.6 Å². The zero-order chi connectivity index (χ0) is 22.9. The fourth-order valence-corrected chi connectivity index (χ4v) is 3.91. The zero-order valence-electron chi connectivity index (χ0n) is 18.4. The fraction of sp³-hybridized carbons (Fsp3) is 0.364. The first-order valence-corrected chi connectivity index (χ1v) is 9.68. The molecule has 0 saturated heterocycles. The molecule has 0 spiro atoms. The maximum atomic E-state index is 13.8. The molecule has 1 aliphatic rings. The van der Waals surface area contributed by atoms with Crippen LogP contribution in [-0.4, -0.2) is 47.7 Å². The molecule has 6 nitrogen and oxygen atoms in total. The predicted octanol–water partition coefficient (Wildman–Crippen LogP) is 5.19. The summed E-state index contributed by atoms with van der Waals surface area (Å²) in [4.78, 5) is 18.3. The molecule has 11 heteroatoms. The minimum atomic E-state index is -4.65. The lowest BCUT2D eigenvalue weighted by molar-refractivity contribution is -0.139. The van der Waals surface area contributed by atoms with Crippen molar-refractivity contribution in [3.63, 3.8) is 0 Å². The number of rotatable bonds is 6. The second kappa shape index (κ2) is 11.1. The van der Waals surface area contributed by atoms with Crippen LogP contribution in [0.4, 0.5) is 18.9 Å². The van der Waals surface area contributed by atoms with Gasteiger partial charge in [0.05, 0.1) is 17.1 Å². The highest BCUT2D eigenvalue weighted by molar-refractivity contribution is 5.93. The third-order valence-electron chi connectivity index (χ3n) is 5.00. The number of alkyl halides is 3. The number of aliphatic carboxylic acids is 1. The molecule has 0 aliphatic carbocycles. The molecular weight excluding hydrogens is 482 g/mol. The molecule has 2 aromatic rings. The van der Waals surface area contributed by atoms with E-state index in [4.69, 9.17) is 4.74 Å². The van der Waals surface area contributed by atoms with Crippen molar-refractivity contribution < 1.29 is 27.8 Å². The number of carboxylic acids is 1. The van der Waals surface area contributed by atoms with Crippen molar-refractivity contribution in [3.8, 4) is 5.88 Å². The number of carboxylic acid groups (broad SMARTS) is 1. The Morgan fingerprint density at radius 2 is 1.88 bits per heavy atom. The van der Waals surface area contributed by atoms with Crippen LogP contribution in [0.1, 0.15) is 36.5 Å². The third-order valence-corrected chi connectivity index (χ3v) is 5.00. The Kier molecular flexibility index (Phi) is 9.59. The number of benzene rings is 1. The molecule has 0 bridgehead atoms. The van der Waals surface area contributed by atoms with E-state index in [1.165, 1.54) is 31.3 Å². The van der Waals surface area contributed by atoms with Crippen LogP contribution >= 0.6 is 24.8 Å². The van der Waals surface area contributed by atoms with Gasteiger partial charge in [0.25, 0.3) is 0 Å². The number of carbonyl (C=O) groups is 1. The second-order valence-electron chi connectivity index (χ2n) is 7.75. The van der Waals surface area contributed by atoms with E-state index in [1.54, 1.807) is 6.07 Å². The van der Waals surface area contributed by atoms with E-state index in [0.717, 1.165) is 6.07 Å². The molecule has 1 aliphatic heterocycles. The first-order valence-electron chi connectivity index (χ1n) is 9.68. The summed E-state index contributed by atoms with van der Waals surface area (Å²) in [5.74, 6) is -2.41. The van der Waals surface area contributed by atoms with Gasteiger partial charge in [-0.2, -0.15) is 13.2 Å². The Bertz CT molecular complexity index is 1030. The number of pyridine rings is 1. The molecule has 2 N–H and O–H groups in total. The van der Waals surface area contributed by atoms with Gasteiger partial charge in [0, 0.05) is 29.7 Å². The summed E-state index contributed by atoms with van der Waals surface area (Å²) in [5.41, 5.74) is -0.231. The van der Waals surface area contributed by atoms with Gasteiger partial charge in [0.2, 0.25) is 5.88 Å². The molecule has 1 aromatic heterocycles. The van der Waals surface area contributed by atoms with Crippen molar-refractivity contribution in [1.29, 1.82) is 0 Å². The summed E-state index contributed by atoms with van der Waals surface area (Å²) in [6, 6.07) is 6.61. The highest BCUT2D eigenvalue weighted by Gasteiger charge is 2.41. The summed E-state index contributed by atoms with van der Waals surface area (Å²) in [6.45, 7) is 3.89. The number of aromatic nitrogens is 1. The second-order valence-corrected chi connectivity index (χ2v) is 7.75. The number of hydrogen-bond donors (Lipinski definition) is 2. The number of halogens is 5. The van der Waals surface area contributed by atoms with Crippen molar-refractivity contribution in [3.05, 3.63) is 64.5 Å². The number of ether oxygens (including phenoxy) is 1. The maximum Gasteiger partial charge on any atom is 0.416 e. The van der Waals surface area contributed by atoms with Crippen molar-refractivity contribution in [1.82, 2.24) is 9.88 Å². The molecule has 3 rings (SSSR count). The number of hydrogen-bond acceptors (Lipinski definition) is 5. The Morgan fingerprint density at radius 1 is 1.24 bits per heavy atom. The largest absolute Gasteiger partial charge is 0.478 e. The van der Waals surface area contributed by atoms with E-state index in [1.807, 2.05) is 25.9 Å². The third kappa shape index (κ3) is 6.10. The van der Waals surface area contributed by atoms with E-state index in [-0.39, 0.29) is 59.2 Å². The van der Waals surface area contributed by atoms with Crippen LogP contribution in [0.25, 0.3) is 0 Å². The SMILES string of the molecule is CC1=C(C(=O)O)C(c2ccccc2C(F)(F)F)c2c(ccnc2OC(C)CN(C)C)N1.Cl.Cl. The molecule has 0 fully saturated rings. The Labute approximate surface area is 202 Å². The van der Waals surface area contributed by atoms with Gasteiger partial charge in [-0.1, -0.05) is 18.2 Å². The van der Waals surface area contributed by atoms with Gasteiger partial charge >= 0.3 is 12.1 Å². The lowest BCUT2D eigenvalue weighted by Crippen LogP contribution is -2.30. The standard InChI is InChI=1S/C22H24F3N3O3.2ClH/c1-12(11-28(3)4)31-20-19-16(9-10-26-20)27-13(2)17(21(29)30)18(19)14-7-5-6-8-15(14)22(23,24)25;;/h5-10,12,18,27H,11H2,1-4H3,(H,29,30);2*1H. The van der Waals surface area contributed by atoms with Crippen LogP contribution in [0.5, 0.6) is 5.88 Å². The fourth-order valence-electron chi connectivity index (χ4n) is 3.91. The van der Waals surface area contributed by atoms with E-state index < -0.39 is 23.6 Å². The lowest BCUT2D eigenvalue weighted by atomic mass is 9.79. The van der Waals surface area contributed by atoms with Gasteiger partial charge in [0.1, 0.15) is 6.10 Å². The number of anilines is 1. The van der Waals surface area contributed by atoms with Crippen LogP contribution in [-0.2, 0) is 11.0 Å². The summed E-state index contributed by atoms with van der Waals surface area (Å²) in [7, 11) is 3.73. The summed E-state index contributed by atoms with van der Waals surface area (Å²) in [5, 5.41) is 12.9. The van der Waals surface area contributed by atoms with Crippen LogP contribution < -0.4 is 10.1 Å². The first kappa shape index (κ1) is 28.5. The molecule has 2 unspecified atom stereocenters. The maximum absolute atomic E-state index is 13.8. The van der Waals surface area contributed by atoms with Crippen LogP contribution in [0.2, 0.25) is 0 Å². The Hall–Kier alpha value is -2.49. The molecule has 182 valence electrons. The van der Waals surface area contributed by atoms with Gasteiger partial charge in [-0.3, -0.25) is 0 Å². The normalized spacial score (nSPS) is 16.2. The number of fused-ring (bicyclic) bond motifs is 1. The zero-order valence-corrected chi connectivity index (χ0v) is 20.1. The number of nitrogens with zero attached hydrogens (tertiary/aromatic N) is 2.